The molecule has 0 saturated heterocycles. The summed E-state index contributed by atoms with van der Waals surface area (Å²) in [5.74, 6) is 1.10. The van der Waals surface area contributed by atoms with Gasteiger partial charge in [-0.15, -0.1) is 0 Å². The molecule has 78 valence electrons. The van der Waals surface area contributed by atoms with Crippen LogP contribution in [0.3, 0.4) is 0 Å². The van der Waals surface area contributed by atoms with E-state index in [4.69, 9.17) is 15.2 Å². The lowest BCUT2D eigenvalue weighted by molar-refractivity contribution is 0.339. The Balaban J connectivity index is 3.01. The lowest BCUT2D eigenvalue weighted by atomic mass is 10.1. The van der Waals surface area contributed by atoms with Crippen LogP contribution in [0.5, 0.6) is 11.5 Å². The van der Waals surface area contributed by atoms with E-state index in [0.29, 0.717) is 17.1 Å². The molecule has 0 fully saturated rings. The van der Waals surface area contributed by atoms with Crippen molar-refractivity contribution in [2.24, 2.45) is 5.73 Å². The summed E-state index contributed by atoms with van der Waals surface area (Å²) in [6, 6.07) is 4.89. The van der Waals surface area contributed by atoms with Crippen LogP contribution in [0.1, 0.15) is 11.7 Å². The summed E-state index contributed by atoms with van der Waals surface area (Å²) in [4.78, 5) is 0. The Morgan fingerprint density at radius 3 is 2.43 bits per heavy atom. The van der Waals surface area contributed by atoms with Crippen molar-refractivity contribution in [3.8, 4) is 11.5 Å². The van der Waals surface area contributed by atoms with E-state index in [0.717, 1.165) is 0 Å². The Labute approximate surface area is 82.6 Å². The summed E-state index contributed by atoms with van der Waals surface area (Å²) in [6.07, 6.45) is -1.16. The Morgan fingerprint density at radius 1 is 1.29 bits per heavy atom. The molecule has 2 N–H and O–H groups in total. The Kier molecular flexibility index (Phi) is 3.71. The molecule has 0 aliphatic carbocycles. The molecule has 1 rings (SSSR count). The second-order valence-electron chi connectivity index (χ2n) is 2.82. The average Bonchev–Trinajstić information content (AvgIpc) is 2.26. The van der Waals surface area contributed by atoms with Gasteiger partial charge < -0.3 is 15.2 Å². The average molecular weight is 199 g/mol. The van der Waals surface area contributed by atoms with Gasteiger partial charge in [-0.2, -0.15) is 0 Å². The highest BCUT2D eigenvalue weighted by Gasteiger charge is 2.11. The number of halogens is 1. The zero-order chi connectivity index (χ0) is 10.6. The molecule has 0 aliphatic heterocycles. The first kappa shape index (κ1) is 10.8. The molecule has 3 nitrogen and oxygen atoms in total. The molecule has 1 aromatic carbocycles. The summed E-state index contributed by atoms with van der Waals surface area (Å²) >= 11 is 0. The van der Waals surface area contributed by atoms with Gasteiger partial charge in [0.25, 0.3) is 0 Å². The fourth-order valence-electron chi connectivity index (χ4n) is 1.18. The van der Waals surface area contributed by atoms with Gasteiger partial charge in [0, 0.05) is 6.54 Å². The van der Waals surface area contributed by atoms with Crippen molar-refractivity contribution in [1.82, 2.24) is 0 Å². The number of hydrogen-bond acceptors (Lipinski definition) is 3. The normalized spacial score (nSPS) is 12.3. The van der Waals surface area contributed by atoms with Gasteiger partial charge in [-0.05, 0) is 17.7 Å². The van der Waals surface area contributed by atoms with Gasteiger partial charge in [0.05, 0.1) is 14.2 Å². The van der Waals surface area contributed by atoms with Crippen LogP contribution >= 0.6 is 0 Å². The molecule has 0 heterocycles. The van der Waals surface area contributed by atoms with E-state index in [1.54, 1.807) is 18.2 Å². The first-order valence-corrected chi connectivity index (χ1v) is 4.29. The summed E-state index contributed by atoms with van der Waals surface area (Å²) in [5.41, 5.74) is 5.72. The number of alkyl halides is 1. The standard InChI is InChI=1S/C10H14FNO2/c1-13-9-4-3-7(8(11)6-12)5-10(9)14-2/h3-5,8H,6,12H2,1-2H3/t8-/m0/s1. The van der Waals surface area contributed by atoms with Gasteiger partial charge in [0.15, 0.2) is 11.5 Å². The van der Waals surface area contributed by atoms with E-state index in [1.807, 2.05) is 0 Å². The highest BCUT2D eigenvalue weighted by atomic mass is 19.1. The highest BCUT2D eigenvalue weighted by Crippen LogP contribution is 2.30. The second kappa shape index (κ2) is 4.81. The Bertz CT molecular complexity index is 304. The van der Waals surface area contributed by atoms with E-state index in [9.17, 15) is 4.39 Å². The van der Waals surface area contributed by atoms with Crippen LogP contribution in [0.2, 0.25) is 0 Å². The molecule has 1 aromatic rings. The highest BCUT2D eigenvalue weighted by molar-refractivity contribution is 5.43. The van der Waals surface area contributed by atoms with Crippen molar-refractivity contribution in [3.05, 3.63) is 23.8 Å². The number of methoxy groups -OCH3 is 2. The maximum Gasteiger partial charge on any atom is 0.161 e. The molecule has 0 radical (unpaired) electrons. The van der Waals surface area contributed by atoms with Gasteiger partial charge in [-0.1, -0.05) is 6.07 Å². The molecular weight excluding hydrogens is 185 g/mol. The number of rotatable bonds is 4. The molecular formula is C10H14FNO2. The van der Waals surface area contributed by atoms with Crippen molar-refractivity contribution in [1.29, 1.82) is 0 Å². The van der Waals surface area contributed by atoms with E-state index >= 15 is 0 Å². The maximum atomic E-state index is 13.2. The summed E-state index contributed by atoms with van der Waals surface area (Å²) in [5, 5.41) is 0. The number of nitrogens with two attached hydrogens (primary N) is 1. The minimum Gasteiger partial charge on any atom is -0.493 e. The molecule has 1 atom stereocenters. The van der Waals surface area contributed by atoms with Gasteiger partial charge in [-0.25, -0.2) is 4.39 Å². The molecule has 0 amide bonds. The number of ether oxygens (including phenoxy) is 2. The van der Waals surface area contributed by atoms with E-state index in [2.05, 4.69) is 0 Å². The van der Waals surface area contributed by atoms with E-state index in [1.165, 1.54) is 14.2 Å². The number of hydrogen-bond donors (Lipinski definition) is 1. The molecule has 0 unspecified atom stereocenters. The van der Waals surface area contributed by atoms with Crippen LogP contribution in [-0.4, -0.2) is 20.8 Å². The SMILES string of the molecule is COc1ccc([C@@H](F)CN)cc1OC. The fraction of sp³-hybridized carbons (Fsp3) is 0.400. The third-order valence-electron chi connectivity index (χ3n) is 1.98. The predicted octanol–water partition coefficient (Wildman–Crippen LogP) is 1.67. The van der Waals surface area contributed by atoms with Crippen LogP contribution in [-0.2, 0) is 0 Å². The van der Waals surface area contributed by atoms with Crippen molar-refractivity contribution in [2.75, 3.05) is 20.8 Å². The summed E-state index contributed by atoms with van der Waals surface area (Å²) in [6.45, 7) is -0.0323. The minimum absolute atomic E-state index is 0.0323. The van der Waals surface area contributed by atoms with Crippen molar-refractivity contribution in [2.45, 2.75) is 6.17 Å². The van der Waals surface area contributed by atoms with Gasteiger partial charge in [-0.3, -0.25) is 0 Å². The molecule has 0 spiro atoms. The Morgan fingerprint density at radius 2 is 1.93 bits per heavy atom. The smallest absolute Gasteiger partial charge is 0.161 e. The van der Waals surface area contributed by atoms with Crippen molar-refractivity contribution in [3.63, 3.8) is 0 Å². The molecule has 0 bridgehead atoms. The lowest BCUT2D eigenvalue weighted by Gasteiger charge is -2.11. The van der Waals surface area contributed by atoms with E-state index in [-0.39, 0.29) is 6.54 Å². The first-order chi connectivity index (χ1) is 6.72. The lowest BCUT2D eigenvalue weighted by Crippen LogP contribution is -2.07. The second-order valence-corrected chi connectivity index (χ2v) is 2.82. The third-order valence-corrected chi connectivity index (χ3v) is 1.98. The topological polar surface area (TPSA) is 44.5 Å². The minimum atomic E-state index is -1.16. The zero-order valence-corrected chi connectivity index (χ0v) is 8.29. The molecule has 0 aromatic heterocycles. The Hall–Kier alpha value is -1.29. The monoisotopic (exact) mass is 199 g/mol. The van der Waals surface area contributed by atoms with Crippen LogP contribution < -0.4 is 15.2 Å². The van der Waals surface area contributed by atoms with Crippen LogP contribution in [0.25, 0.3) is 0 Å². The van der Waals surface area contributed by atoms with E-state index < -0.39 is 6.17 Å². The number of benzene rings is 1. The first-order valence-electron chi connectivity index (χ1n) is 4.29. The van der Waals surface area contributed by atoms with Crippen molar-refractivity contribution >= 4 is 0 Å². The van der Waals surface area contributed by atoms with Crippen LogP contribution in [0, 0.1) is 0 Å². The predicted molar refractivity (Wildman–Crippen MR) is 52.4 cm³/mol. The summed E-state index contributed by atoms with van der Waals surface area (Å²) in [7, 11) is 3.05. The van der Waals surface area contributed by atoms with Gasteiger partial charge in [0.1, 0.15) is 6.17 Å². The fourth-order valence-corrected chi connectivity index (χ4v) is 1.18. The van der Waals surface area contributed by atoms with Gasteiger partial charge >= 0.3 is 0 Å². The molecule has 0 aliphatic rings. The van der Waals surface area contributed by atoms with Crippen LogP contribution in [0.15, 0.2) is 18.2 Å². The largest absolute Gasteiger partial charge is 0.493 e. The summed E-state index contributed by atoms with van der Waals surface area (Å²) < 4.78 is 23.3. The molecule has 14 heavy (non-hydrogen) atoms. The quantitative estimate of drug-likeness (QED) is 0.802. The molecule has 0 saturated carbocycles. The van der Waals surface area contributed by atoms with Crippen LogP contribution in [0.4, 0.5) is 4.39 Å². The van der Waals surface area contributed by atoms with Crippen molar-refractivity contribution < 1.29 is 13.9 Å². The zero-order valence-electron chi connectivity index (χ0n) is 8.29. The third kappa shape index (κ3) is 2.14. The molecule has 4 heteroatoms. The maximum absolute atomic E-state index is 13.2. The van der Waals surface area contributed by atoms with Gasteiger partial charge in [0.2, 0.25) is 0 Å².